The van der Waals surface area contributed by atoms with E-state index in [2.05, 4.69) is 29.3 Å². The number of nitrogens with zero attached hydrogens (tertiary/aromatic N) is 1. The number of ether oxygens (including phenoxy) is 2. The van der Waals surface area contributed by atoms with Gasteiger partial charge in [-0.2, -0.15) is 0 Å². The Labute approximate surface area is 174 Å². The highest BCUT2D eigenvalue weighted by molar-refractivity contribution is 5.94. The predicted octanol–water partition coefficient (Wildman–Crippen LogP) is 4.44. The summed E-state index contributed by atoms with van der Waals surface area (Å²) in [5.41, 5.74) is 1.86. The quantitative estimate of drug-likeness (QED) is 0.681. The third-order valence-electron chi connectivity index (χ3n) is 5.38. The standard InChI is InChI=1S/C24H32N2O3/c1-3-17-29-22-13-9-20(10-14-22)24(27)25-18-23(26-15-5-4-6-16-26)19-7-11-21(28-2)12-8-19/h7-14,23H,3-6,15-18H2,1-2H3,(H,25,27)/t23-/m0/s1. The van der Waals surface area contributed by atoms with Gasteiger partial charge in [0, 0.05) is 12.1 Å². The minimum atomic E-state index is -0.0532. The van der Waals surface area contributed by atoms with Crippen molar-refractivity contribution in [3.8, 4) is 11.5 Å². The van der Waals surface area contributed by atoms with Crippen LogP contribution in [0.1, 0.15) is 54.6 Å². The largest absolute Gasteiger partial charge is 0.497 e. The molecule has 1 N–H and O–H groups in total. The van der Waals surface area contributed by atoms with E-state index in [1.54, 1.807) is 7.11 Å². The van der Waals surface area contributed by atoms with Gasteiger partial charge in [-0.05, 0) is 74.3 Å². The number of benzene rings is 2. The van der Waals surface area contributed by atoms with Crippen LogP contribution in [0.15, 0.2) is 48.5 Å². The first-order chi connectivity index (χ1) is 14.2. The first kappa shape index (κ1) is 21.2. The van der Waals surface area contributed by atoms with E-state index in [4.69, 9.17) is 9.47 Å². The average molecular weight is 397 g/mol. The Morgan fingerprint density at radius 1 is 1.00 bits per heavy atom. The average Bonchev–Trinajstić information content (AvgIpc) is 2.79. The van der Waals surface area contributed by atoms with E-state index in [-0.39, 0.29) is 11.9 Å². The highest BCUT2D eigenvalue weighted by Gasteiger charge is 2.23. The van der Waals surface area contributed by atoms with E-state index in [9.17, 15) is 4.79 Å². The first-order valence-corrected chi connectivity index (χ1v) is 10.6. The van der Waals surface area contributed by atoms with Crippen LogP contribution >= 0.6 is 0 Å². The Kier molecular flexibility index (Phi) is 7.94. The van der Waals surface area contributed by atoms with Crippen LogP contribution in [0.5, 0.6) is 11.5 Å². The number of hydrogen-bond donors (Lipinski definition) is 1. The topological polar surface area (TPSA) is 50.8 Å². The summed E-state index contributed by atoms with van der Waals surface area (Å²) in [4.78, 5) is 15.2. The SMILES string of the molecule is CCCOc1ccc(C(=O)NC[C@@H](c2ccc(OC)cc2)N2CCCCC2)cc1. The zero-order valence-corrected chi connectivity index (χ0v) is 17.5. The fraction of sp³-hybridized carbons (Fsp3) is 0.458. The van der Waals surface area contributed by atoms with Crippen molar-refractivity contribution in [3.05, 3.63) is 59.7 Å². The molecule has 5 heteroatoms. The number of likely N-dealkylation sites (tertiary alicyclic amines) is 1. The molecule has 1 aliphatic heterocycles. The number of hydrogen-bond acceptors (Lipinski definition) is 4. The van der Waals surface area contributed by atoms with Crippen LogP contribution in [0.2, 0.25) is 0 Å². The van der Waals surface area contributed by atoms with Crippen molar-refractivity contribution in [2.45, 2.75) is 38.6 Å². The number of rotatable bonds is 9. The highest BCUT2D eigenvalue weighted by atomic mass is 16.5. The molecule has 0 aromatic heterocycles. The number of piperidine rings is 1. The molecule has 0 radical (unpaired) electrons. The van der Waals surface area contributed by atoms with E-state index >= 15 is 0 Å². The Bertz CT molecular complexity index is 753. The molecule has 0 saturated carbocycles. The minimum Gasteiger partial charge on any atom is -0.497 e. The van der Waals surface area contributed by atoms with Crippen molar-refractivity contribution >= 4 is 5.91 Å². The summed E-state index contributed by atoms with van der Waals surface area (Å²) in [7, 11) is 1.68. The molecule has 0 aliphatic carbocycles. The fourth-order valence-electron chi connectivity index (χ4n) is 3.73. The van der Waals surface area contributed by atoms with E-state index in [1.165, 1.54) is 24.8 Å². The van der Waals surface area contributed by atoms with Gasteiger partial charge in [0.05, 0.1) is 19.8 Å². The van der Waals surface area contributed by atoms with Gasteiger partial charge in [0.25, 0.3) is 5.91 Å². The molecular formula is C24H32N2O3. The second kappa shape index (κ2) is 10.9. The molecule has 0 bridgehead atoms. The summed E-state index contributed by atoms with van der Waals surface area (Å²) < 4.78 is 10.9. The molecule has 1 atom stereocenters. The molecular weight excluding hydrogens is 364 g/mol. The maximum Gasteiger partial charge on any atom is 0.251 e. The number of methoxy groups -OCH3 is 1. The van der Waals surface area contributed by atoms with Crippen molar-refractivity contribution in [1.82, 2.24) is 10.2 Å². The van der Waals surface area contributed by atoms with Crippen LogP contribution in [0.4, 0.5) is 0 Å². The van der Waals surface area contributed by atoms with E-state index in [1.807, 2.05) is 36.4 Å². The van der Waals surface area contributed by atoms with Gasteiger partial charge in [0.1, 0.15) is 11.5 Å². The normalized spacial score (nSPS) is 15.5. The molecule has 2 aromatic carbocycles. The lowest BCUT2D eigenvalue weighted by Gasteiger charge is -2.35. The third-order valence-corrected chi connectivity index (χ3v) is 5.38. The van der Waals surface area contributed by atoms with Crippen LogP contribution < -0.4 is 14.8 Å². The molecule has 1 fully saturated rings. The smallest absolute Gasteiger partial charge is 0.251 e. The highest BCUT2D eigenvalue weighted by Crippen LogP contribution is 2.26. The van der Waals surface area contributed by atoms with Crippen molar-refractivity contribution in [2.24, 2.45) is 0 Å². The summed E-state index contributed by atoms with van der Waals surface area (Å²) in [6.45, 7) is 5.47. The van der Waals surface area contributed by atoms with Crippen LogP contribution in [0, 0.1) is 0 Å². The Balaban J connectivity index is 1.66. The van der Waals surface area contributed by atoms with Gasteiger partial charge < -0.3 is 14.8 Å². The van der Waals surface area contributed by atoms with Gasteiger partial charge in [-0.15, -0.1) is 0 Å². The van der Waals surface area contributed by atoms with Crippen LogP contribution in [-0.2, 0) is 0 Å². The van der Waals surface area contributed by atoms with Crippen LogP contribution in [-0.4, -0.2) is 44.2 Å². The Morgan fingerprint density at radius 3 is 2.28 bits per heavy atom. The van der Waals surface area contributed by atoms with Gasteiger partial charge in [-0.25, -0.2) is 0 Å². The molecule has 29 heavy (non-hydrogen) atoms. The number of carbonyl (C=O) groups is 1. The maximum absolute atomic E-state index is 12.7. The molecule has 1 heterocycles. The number of carbonyl (C=O) groups excluding carboxylic acids is 1. The van der Waals surface area contributed by atoms with Crippen molar-refractivity contribution in [3.63, 3.8) is 0 Å². The van der Waals surface area contributed by atoms with Crippen LogP contribution in [0.3, 0.4) is 0 Å². The zero-order valence-electron chi connectivity index (χ0n) is 17.5. The lowest BCUT2D eigenvalue weighted by molar-refractivity contribution is 0.0924. The zero-order chi connectivity index (χ0) is 20.5. The lowest BCUT2D eigenvalue weighted by Crippen LogP contribution is -2.40. The molecule has 1 aliphatic rings. The second-order valence-electron chi connectivity index (χ2n) is 7.47. The van der Waals surface area contributed by atoms with E-state index in [0.717, 1.165) is 31.0 Å². The van der Waals surface area contributed by atoms with Crippen molar-refractivity contribution in [1.29, 1.82) is 0 Å². The van der Waals surface area contributed by atoms with E-state index < -0.39 is 0 Å². The first-order valence-electron chi connectivity index (χ1n) is 10.6. The summed E-state index contributed by atoms with van der Waals surface area (Å²) in [5, 5.41) is 3.13. The summed E-state index contributed by atoms with van der Waals surface area (Å²) in [5.74, 6) is 1.59. The second-order valence-corrected chi connectivity index (χ2v) is 7.47. The number of nitrogens with one attached hydrogen (secondary N) is 1. The van der Waals surface area contributed by atoms with Gasteiger partial charge >= 0.3 is 0 Å². The monoisotopic (exact) mass is 396 g/mol. The predicted molar refractivity (Wildman–Crippen MR) is 116 cm³/mol. The van der Waals surface area contributed by atoms with Crippen LogP contribution in [0.25, 0.3) is 0 Å². The molecule has 0 unspecified atom stereocenters. The van der Waals surface area contributed by atoms with Gasteiger partial charge in [0.2, 0.25) is 0 Å². The van der Waals surface area contributed by atoms with Gasteiger partial charge in [0.15, 0.2) is 0 Å². The Morgan fingerprint density at radius 2 is 1.66 bits per heavy atom. The Hall–Kier alpha value is -2.53. The maximum atomic E-state index is 12.7. The molecule has 3 rings (SSSR count). The molecule has 1 amide bonds. The molecule has 5 nitrogen and oxygen atoms in total. The third kappa shape index (κ3) is 5.97. The molecule has 0 spiro atoms. The fourth-order valence-corrected chi connectivity index (χ4v) is 3.73. The van der Waals surface area contributed by atoms with E-state index in [0.29, 0.717) is 18.7 Å². The summed E-state index contributed by atoms with van der Waals surface area (Å²) in [6, 6.07) is 15.7. The lowest BCUT2D eigenvalue weighted by atomic mass is 10.0. The van der Waals surface area contributed by atoms with Gasteiger partial charge in [-0.1, -0.05) is 25.5 Å². The molecule has 156 valence electrons. The molecule has 2 aromatic rings. The number of amides is 1. The summed E-state index contributed by atoms with van der Waals surface area (Å²) in [6.07, 6.45) is 4.66. The van der Waals surface area contributed by atoms with Gasteiger partial charge in [-0.3, -0.25) is 9.69 Å². The van der Waals surface area contributed by atoms with Crippen molar-refractivity contribution < 1.29 is 14.3 Å². The minimum absolute atomic E-state index is 0.0532. The molecule has 1 saturated heterocycles. The summed E-state index contributed by atoms with van der Waals surface area (Å²) >= 11 is 0. The van der Waals surface area contributed by atoms with Crippen molar-refractivity contribution in [2.75, 3.05) is 33.4 Å².